The molecule has 1 atom stereocenters. The van der Waals surface area contributed by atoms with E-state index in [0.717, 1.165) is 12.8 Å². The van der Waals surface area contributed by atoms with Crippen molar-refractivity contribution in [1.82, 2.24) is 5.32 Å². The molecule has 0 aliphatic heterocycles. The van der Waals surface area contributed by atoms with Gasteiger partial charge in [-0.3, -0.25) is 4.79 Å². The third-order valence-corrected chi connectivity index (χ3v) is 2.42. The minimum absolute atomic E-state index is 0.0430. The predicted molar refractivity (Wildman–Crippen MR) is 63.1 cm³/mol. The smallest absolute Gasteiger partial charge is 0.220 e. The molecular formula is C10H20N2OS. The van der Waals surface area contributed by atoms with Gasteiger partial charge in [-0.1, -0.05) is 38.4 Å². The van der Waals surface area contributed by atoms with Crippen LogP contribution in [0.25, 0.3) is 0 Å². The van der Waals surface area contributed by atoms with E-state index >= 15 is 0 Å². The van der Waals surface area contributed by atoms with E-state index in [2.05, 4.69) is 12.2 Å². The van der Waals surface area contributed by atoms with Gasteiger partial charge in [0.05, 0.1) is 11.0 Å². The van der Waals surface area contributed by atoms with Crippen molar-refractivity contribution in [2.75, 3.05) is 0 Å². The molecule has 3 nitrogen and oxygen atoms in total. The summed E-state index contributed by atoms with van der Waals surface area (Å²) in [6, 6.07) is -0.191. The van der Waals surface area contributed by atoms with Crippen LogP contribution in [-0.2, 0) is 4.79 Å². The van der Waals surface area contributed by atoms with E-state index < -0.39 is 0 Å². The molecule has 0 bridgehead atoms. The number of amides is 1. The summed E-state index contributed by atoms with van der Waals surface area (Å²) in [6.07, 6.45) is 5.02. The summed E-state index contributed by atoms with van der Waals surface area (Å²) in [5, 5.41) is 2.75. The van der Waals surface area contributed by atoms with Crippen molar-refractivity contribution in [3.05, 3.63) is 0 Å². The maximum absolute atomic E-state index is 11.3. The van der Waals surface area contributed by atoms with Gasteiger partial charge in [0, 0.05) is 6.42 Å². The fraction of sp³-hybridized carbons (Fsp3) is 0.800. The summed E-state index contributed by atoms with van der Waals surface area (Å²) in [4.78, 5) is 11.6. The fourth-order valence-corrected chi connectivity index (χ4v) is 1.16. The van der Waals surface area contributed by atoms with Gasteiger partial charge in [0.25, 0.3) is 0 Å². The SMILES string of the molecule is CCCCCCC(=O)NC(C)C(N)=S. The lowest BCUT2D eigenvalue weighted by atomic mass is 10.1. The van der Waals surface area contributed by atoms with Gasteiger partial charge >= 0.3 is 0 Å². The zero-order chi connectivity index (χ0) is 11.0. The van der Waals surface area contributed by atoms with Crippen LogP contribution in [0.1, 0.15) is 46.0 Å². The predicted octanol–water partition coefficient (Wildman–Crippen LogP) is 1.75. The van der Waals surface area contributed by atoms with Gasteiger partial charge in [0.15, 0.2) is 0 Å². The average Bonchev–Trinajstić information content (AvgIpc) is 2.12. The van der Waals surface area contributed by atoms with E-state index in [1.807, 2.05) is 0 Å². The molecule has 0 heterocycles. The minimum Gasteiger partial charge on any atom is -0.392 e. The number of carbonyl (C=O) groups excluding carboxylic acids is 1. The molecule has 0 saturated carbocycles. The van der Waals surface area contributed by atoms with E-state index in [9.17, 15) is 4.79 Å². The Morgan fingerprint density at radius 3 is 2.57 bits per heavy atom. The number of thiocarbonyl (C=S) groups is 1. The summed E-state index contributed by atoms with van der Waals surface area (Å²) >= 11 is 4.75. The van der Waals surface area contributed by atoms with Gasteiger partial charge in [-0.25, -0.2) is 0 Å². The van der Waals surface area contributed by atoms with Gasteiger partial charge in [-0.15, -0.1) is 0 Å². The van der Waals surface area contributed by atoms with Gasteiger partial charge in [0.1, 0.15) is 0 Å². The molecule has 0 aromatic carbocycles. The van der Waals surface area contributed by atoms with Crippen molar-refractivity contribution in [1.29, 1.82) is 0 Å². The van der Waals surface area contributed by atoms with Crippen LogP contribution in [-0.4, -0.2) is 16.9 Å². The second kappa shape index (κ2) is 7.74. The molecule has 0 spiro atoms. The first-order valence-corrected chi connectivity index (χ1v) is 5.57. The first-order valence-electron chi connectivity index (χ1n) is 5.16. The lowest BCUT2D eigenvalue weighted by molar-refractivity contribution is -0.121. The fourth-order valence-electron chi connectivity index (χ4n) is 1.10. The Hall–Kier alpha value is -0.640. The van der Waals surface area contributed by atoms with Gasteiger partial charge < -0.3 is 11.1 Å². The second-order valence-corrected chi connectivity index (χ2v) is 3.97. The van der Waals surface area contributed by atoms with Crippen molar-refractivity contribution >= 4 is 23.1 Å². The van der Waals surface area contributed by atoms with Crippen LogP contribution in [0.3, 0.4) is 0 Å². The number of carbonyl (C=O) groups is 1. The molecule has 4 heteroatoms. The van der Waals surface area contributed by atoms with Crippen molar-refractivity contribution in [2.24, 2.45) is 5.73 Å². The van der Waals surface area contributed by atoms with Gasteiger partial charge in [-0.05, 0) is 13.3 Å². The Morgan fingerprint density at radius 2 is 2.07 bits per heavy atom. The van der Waals surface area contributed by atoms with Gasteiger partial charge in [-0.2, -0.15) is 0 Å². The van der Waals surface area contributed by atoms with Crippen LogP contribution in [0.5, 0.6) is 0 Å². The maximum Gasteiger partial charge on any atom is 0.220 e. The van der Waals surface area contributed by atoms with Crippen LogP contribution < -0.4 is 11.1 Å². The summed E-state index contributed by atoms with van der Waals surface area (Å²) in [5.41, 5.74) is 5.38. The van der Waals surface area contributed by atoms with E-state index in [0.29, 0.717) is 11.4 Å². The normalized spacial score (nSPS) is 12.1. The van der Waals surface area contributed by atoms with Crippen molar-refractivity contribution in [2.45, 2.75) is 52.0 Å². The molecule has 0 fully saturated rings. The number of unbranched alkanes of at least 4 members (excludes halogenated alkanes) is 3. The standard InChI is InChI=1S/C10H20N2OS/c1-3-4-5-6-7-9(13)12-8(2)10(11)14/h8H,3-7H2,1-2H3,(H2,11,14)(H,12,13). The minimum atomic E-state index is -0.191. The van der Waals surface area contributed by atoms with Crippen LogP contribution in [0.4, 0.5) is 0 Å². The molecule has 0 aliphatic carbocycles. The molecule has 0 aliphatic rings. The summed E-state index contributed by atoms with van der Waals surface area (Å²) in [6.45, 7) is 3.95. The number of rotatable bonds is 7. The summed E-state index contributed by atoms with van der Waals surface area (Å²) in [5.74, 6) is 0.0430. The number of hydrogen-bond acceptors (Lipinski definition) is 2. The molecule has 82 valence electrons. The number of hydrogen-bond donors (Lipinski definition) is 2. The third-order valence-electron chi connectivity index (χ3n) is 2.06. The van der Waals surface area contributed by atoms with E-state index in [4.69, 9.17) is 18.0 Å². The third kappa shape index (κ3) is 6.83. The van der Waals surface area contributed by atoms with Crippen LogP contribution in [0.2, 0.25) is 0 Å². The Kier molecular flexibility index (Phi) is 7.38. The molecule has 0 saturated heterocycles. The van der Waals surface area contributed by atoms with Crippen LogP contribution in [0, 0.1) is 0 Å². The molecule has 1 amide bonds. The Labute approximate surface area is 91.4 Å². The van der Waals surface area contributed by atoms with Crippen molar-refractivity contribution in [3.8, 4) is 0 Å². The molecule has 3 N–H and O–H groups in total. The topological polar surface area (TPSA) is 55.1 Å². The highest BCUT2D eigenvalue weighted by molar-refractivity contribution is 7.80. The molecule has 1 unspecified atom stereocenters. The van der Waals surface area contributed by atoms with Crippen molar-refractivity contribution in [3.63, 3.8) is 0 Å². The van der Waals surface area contributed by atoms with E-state index in [1.165, 1.54) is 12.8 Å². The molecule has 14 heavy (non-hydrogen) atoms. The quantitative estimate of drug-likeness (QED) is 0.503. The Balaban J connectivity index is 3.50. The Morgan fingerprint density at radius 1 is 1.43 bits per heavy atom. The highest BCUT2D eigenvalue weighted by atomic mass is 32.1. The molecule has 0 radical (unpaired) electrons. The first kappa shape index (κ1) is 13.4. The van der Waals surface area contributed by atoms with Crippen LogP contribution >= 0.6 is 12.2 Å². The molecule has 0 aromatic rings. The monoisotopic (exact) mass is 216 g/mol. The number of nitrogens with two attached hydrogens (primary N) is 1. The summed E-state index contributed by atoms with van der Waals surface area (Å²) < 4.78 is 0. The highest BCUT2D eigenvalue weighted by Crippen LogP contribution is 2.02. The highest BCUT2D eigenvalue weighted by Gasteiger charge is 2.08. The van der Waals surface area contributed by atoms with Gasteiger partial charge in [0.2, 0.25) is 5.91 Å². The van der Waals surface area contributed by atoms with Crippen molar-refractivity contribution < 1.29 is 4.79 Å². The maximum atomic E-state index is 11.3. The summed E-state index contributed by atoms with van der Waals surface area (Å²) in [7, 11) is 0. The van der Waals surface area contributed by atoms with E-state index in [-0.39, 0.29) is 11.9 Å². The first-order chi connectivity index (χ1) is 6.57. The molecule has 0 aromatic heterocycles. The largest absolute Gasteiger partial charge is 0.392 e. The zero-order valence-corrected chi connectivity index (χ0v) is 9.82. The second-order valence-electron chi connectivity index (χ2n) is 3.50. The molecular weight excluding hydrogens is 196 g/mol. The zero-order valence-electron chi connectivity index (χ0n) is 9.01. The van der Waals surface area contributed by atoms with E-state index in [1.54, 1.807) is 6.92 Å². The number of nitrogens with one attached hydrogen (secondary N) is 1. The Bertz CT molecular complexity index is 195. The molecule has 0 rings (SSSR count). The lowest BCUT2D eigenvalue weighted by Gasteiger charge is -2.11. The lowest BCUT2D eigenvalue weighted by Crippen LogP contribution is -2.41. The van der Waals surface area contributed by atoms with Crippen LogP contribution in [0.15, 0.2) is 0 Å². The average molecular weight is 216 g/mol.